The zero-order valence-electron chi connectivity index (χ0n) is 9.99. The number of fused-ring (bicyclic) bond motifs is 1. The Bertz CT molecular complexity index is 826. The maximum Gasteiger partial charge on any atom is 0.229 e. The van der Waals surface area contributed by atoms with Crippen molar-refractivity contribution >= 4 is 44.3 Å². The number of halogens is 3. The van der Waals surface area contributed by atoms with Gasteiger partial charge in [0.05, 0.1) is 0 Å². The van der Waals surface area contributed by atoms with E-state index in [1.165, 1.54) is 12.1 Å². The van der Waals surface area contributed by atoms with E-state index in [2.05, 4.69) is 15.9 Å². The Labute approximate surface area is 127 Å². The highest BCUT2D eigenvalue weighted by Crippen LogP contribution is 2.27. The minimum Gasteiger partial charge on any atom is -0.449 e. The van der Waals surface area contributed by atoms with Gasteiger partial charge in [0, 0.05) is 20.4 Å². The van der Waals surface area contributed by atoms with Crippen molar-refractivity contribution in [2.45, 2.75) is 0 Å². The van der Waals surface area contributed by atoms with Crippen molar-refractivity contribution in [3.8, 4) is 0 Å². The molecule has 0 spiro atoms. The SMILES string of the molecule is O=C(c1cc2cccc(F)c2o1)c1ccc(Cl)cc1Br. The molecule has 0 bridgehead atoms. The summed E-state index contributed by atoms with van der Waals surface area (Å²) in [7, 11) is 0. The lowest BCUT2D eigenvalue weighted by molar-refractivity contribution is 0.101. The normalized spacial score (nSPS) is 10.9. The third-order valence-electron chi connectivity index (χ3n) is 2.90. The molecule has 0 amide bonds. The Morgan fingerprint density at radius 2 is 2.00 bits per heavy atom. The van der Waals surface area contributed by atoms with Gasteiger partial charge >= 0.3 is 0 Å². The first-order valence-electron chi connectivity index (χ1n) is 5.74. The van der Waals surface area contributed by atoms with Crippen LogP contribution in [0.2, 0.25) is 5.02 Å². The molecule has 2 nitrogen and oxygen atoms in total. The van der Waals surface area contributed by atoms with E-state index in [1.807, 2.05) is 0 Å². The fourth-order valence-corrected chi connectivity index (χ4v) is 2.81. The van der Waals surface area contributed by atoms with Gasteiger partial charge in [0.15, 0.2) is 17.2 Å². The summed E-state index contributed by atoms with van der Waals surface area (Å²) >= 11 is 9.12. The monoisotopic (exact) mass is 352 g/mol. The number of para-hydroxylation sites is 1. The van der Waals surface area contributed by atoms with E-state index in [0.29, 0.717) is 20.4 Å². The van der Waals surface area contributed by atoms with Crippen LogP contribution in [0.3, 0.4) is 0 Å². The summed E-state index contributed by atoms with van der Waals surface area (Å²) in [6, 6.07) is 10.9. The van der Waals surface area contributed by atoms with Crippen LogP contribution in [0.5, 0.6) is 0 Å². The maximum absolute atomic E-state index is 13.6. The van der Waals surface area contributed by atoms with Crippen LogP contribution in [0, 0.1) is 5.82 Å². The van der Waals surface area contributed by atoms with Gasteiger partial charge in [-0.05, 0) is 46.3 Å². The predicted octanol–water partition coefficient (Wildman–Crippen LogP) is 5.22. The molecule has 1 heterocycles. The van der Waals surface area contributed by atoms with Crippen molar-refractivity contribution in [1.82, 2.24) is 0 Å². The van der Waals surface area contributed by atoms with Crippen LogP contribution >= 0.6 is 27.5 Å². The molecule has 0 aliphatic heterocycles. The first-order valence-corrected chi connectivity index (χ1v) is 6.91. The van der Waals surface area contributed by atoms with Crippen molar-refractivity contribution in [3.63, 3.8) is 0 Å². The van der Waals surface area contributed by atoms with E-state index in [4.69, 9.17) is 16.0 Å². The van der Waals surface area contributed by atoms with Crippen LogP contribution in [0.4, 0.5) is 4.39 Å². The topological polar surface area (TPSA) is 30.2 Å². The molecule has 0 unspecified atom stereocenters. The molecule has 2 aromatic carbocycles. The smallest absolute Gasteiger partial charge is 0.229 e. The lowest BCUT2D eigenvalue weighted by atomic mass is 10.1. The molecule has 0 aliphatic rings. The van der Waals surface area contributed by atoms with Gasteiger partial charge in [-0.2, -0.15) is 0 Å². The Kier molecular flexibility index (Phi) is 3.36. The number of ketones is 1. The number of rotatable bonds is 2. The van der Waals surface area contributed by atoms with Crippen molar-refractivity contribution in [2.24, 2.45) is 0 Å². The highest BCUT2D eigenvalue weighted by molar-refractivity contribution is 9.10. The first-order chi connectivity index (χ1) is 9.56. The van der Waals surface area contributed by atoms with E-state index < -0.39 is 5.82 Å². The minimum absolute atomic E-state index is 0.0842. The molecule has 0 saturated heterocycles. The van der Waals surface area contributed by atoms with Gasteiger partial charge in [-0.1, -0.05) is 23.7 Å². The predicted molar refractivity (Wildman–Crippen MR) is 78.8 cm³/mol. The zero-order valence-corrected chi connectivity index (χ0v) is 12.3. The van der Waals surface area contributed by atoms with E-state index in [1.54, 1.807) is 30.3 Å². The van der Waals surface area contributed by atoms with Crippen LogP contribution in [0.1, 0.15) is 16.1 Å². The van der Waals surface area contributed by atoms with Gasteiger partial charge in [0.2, 0.25) is 5.78 Å². The Morgan fingerprint density at radius 3 is 2.70 bits per heavy atom. The molecule has 0 atom stereocenters. The first kappa shape index (κ1) is 13.3. The quantitative estimate of drug-likeness (QED) is 0.591. The molecule has 3 aromatic rings. The number of carbonyl (C=O) groups is 1. The zero-order chi connectivity index (χ0) is 14.3. The van der Waals surface area contributed by atoms with Gasteiger partial charge < -0.3 is 4.42 Å². The fraction of sp³-hybridized carbons (Fsp3) is 0. The molecule has 3 rings (SSSR count). The lowest BCUT2D eigenvalue weighted by Crippen LogP contribution is -2.00. The van der Waals surface area contributed by atoms with Gasteiger partial charge in [-0.25, -0.2) is 4.39 Å². The van der Waals surface area contributed by atoms with E-state index in [-0.39, 0.29) is 17.1 Å². The molecule has 20 heavy (non-hydrogen) atoms. The fourth-order valence-electron chi connectivity index (χ4n) is 1.95. The third-order valence-corrected chi connectivity index (χ3v) is 3.79. The minimum atomic E-state index is -0.489. The van der Waals surface area contributed by atoms with Gasteiger partial charge in [-0.3, -0.25) is 4.79 Å². The molecule has 5 heteroatoms. The highest BCUT2D eigenvalue weighted by atomic mass is 79.9. The second kappa shape index (κ2) is 5.04. The Morgan fingerprint density at radius 1 is 1.20 bits per heavy atom. The standard InChI is InChI=1S/C15H7BrClFO2/c16-11-7-9(17)4-5-10(11)14(19)13-6-8-2-1-3-12(18)15(8)20-13/h1-7H. The molecule has 0 fully saturated rings. The Balaban J connectivity index is 2.10. The van der Waals surface area contributed by atoms with Crippen molar-refractivity contribution in [1.29, 1.82) is 0 Å². The number of furan rings is 1. The average molecular weight is 354 g/mol. The molecule has 1 aromatic heterocycles. The Hall–Kier alpha value is -1.65. The summed E-state index contributed by atoms with van der Waals surface area (Å²) < 4.78 is 19.5. The molecule has 0 N–H and O–H groups in total. The van der Waals surface area contributed by atoms with Crippen LogP contribution < -0.4 is 0 Å². The van der Waals surface area contributed by atoms with E-state index in [0.717, 1.165) is 0 Å². The molecule has 100 valence electrons. The van der Waals surface area contributed by atoms with Gasteiger partial charge in [0.1, 0.15) is 0 Å². The summed E-state index contributed by atoms with van der Waals surface area (Å²) in [6.07, 6.45) is 0. The molecular weight excluding hydrogens is 347 g/mol. The molecular formula is C15H7BrClFO2. The summed E-state index contributed by atoms with van der Waals surface area (Å²) in [4.78, 5) is 12.4. The van der Waals surface area contributed by atoms with E-state index >= 15 is 0 Å². The number of carbonyl (C=O) groups excluding carboxylic acids is 1. The number of hydrogen-bond donors (Lipinski definition) is 0. The lowest BCUT2D eigenvalue weighted by Gasteiger charge is -2.01. The van der Waals surface area contributed by atoms with Crippen LogP contribution in [0.15, 0.2) is 51.4 Å². The maximum atomic E-state index is 13.6. The highest BCUT2D eigenvalue weighted by Gasteiger charge is 2.18. The molecule has 0 saturated carbocycles. The summed E-state index contributed by atoms with van der Waals surface area (Å²) in [5.74, 6) is -0.728. The van der Waals surface area contributed by atoms with Gasteiger partial charge in [0.25, 0.3) is 0 Å². The number of hydrogen-bond acceptors (Lipinski definition) is 2. The molecule has 0 radical (unpaired) electrons. The van der Waals surface area contributed by atoms with Crippen LogP contribution in [-0.2, 0) is 0 Å². The average Bonchev–Trinajstić information content (AvgIpc) is 2.83. The van der Waals surface area contributed by atoms with Crippen molar-refractivity contribution in [3.05, 3.63) is 69.1 Å². The van der Waals surface area contributed by atoms with Crippen LogP contribution in [0.25, 0.3) is 11.0 Å². The number of benzene rings is 2. The second-order valence-electron chi connectivity index (χ2n) is 4.22. The van der Waals surface area contributed by atoms with Gasteiger partial charge in [-0.15, -0.1) is 0 Å². The largest absolute Gasteiger partial charge is 0.449 e. The second-order valence-corrected chi connectivity index (χ2v) is 5.51. The summed E-state index contributed by atoms with van der Waals surface area (Å²) in [6.45, 7) is 0. The summed E-state index contributed by atoms with van der Waals surface area (Å²) in [5.41, 5.74) is 0.495. The molecule has 0 aliphatic carbocycles. The third kappa shape index (κ3) is 2.25. The summed E-state index contributed by atoms with van der Waals surface area (Å²) in [5, 5.41) is 1.07. The van der Waals surface area contributed by atoms with Crippen molar-refractivity contribution in [2.75, 3.05) is 0 Å². The van der Waals surface area contributed by atoms with Crippen LogP contribution in [-0.4, -0.2) is 5.78 Å². The van der Waals surface area contributed by atoms with Crippen molar-refractivity contribution < 1.29 is 13.6 Å². The van der Waals surface area contributed by atoms with E-state index in [9.17, 15) is 9.18 Å².